The molecule has 0 heterocycles. The van der Waals surface area contributed by atoms with Gasteiger partial charge in [-0.15, -0.1) is 0 Å². The van der Waals surface area contributed by atoms with Gasteiger partial charge < -0.3 is 10.5 Å². The summed E-state index contributed by atoms with van der Waals surface area (Å²) in [6, 6.07) is 0. The predicted octanol–water partition coefficient (Wildman–Crippen LogP) is 1.70. The van der Waals surface area contributed by atoms with Crippen LogP contribution >= 0.6 is 0 Å². The van der Waals surface area contributed by atoms with Gasteiger partial charge in [-0.3, -0.25) is 0 Å². The van der Waals surface area contributed by atoms with E-state index in [2.05, 4.69) is 17.0 Å². The lowest BCUT2D eigenvalue weighted by Crippen LogP contribution is -2.34. The van der Waals surface area contributed by atoms with Crippen molar-refractivity contribution in [2.24, 2.45) is 4.99 Å². The van der Waals surface area contributed by atoms with Crippen LogP contribution in [0.3, 0.4) is 0 Å². The number of allylic oxidation sites excluding steroid dienone is 1. The minimum atomic E-state index is -0.464. The molecule has 16 heavy (non-hydrogen) atoms. The first-order valence-electron chi connectivity index (χ1n) is 5.29. The zero-order valence-corrected chi connectivity index (χ0v) is 11.1. The Morgan fingerprint density at radius 2 is 1.81 bits per heavy atom. The second kappa shape index (κ2) is 6.45. The van der Waals surface area contributed by atoms with Crippen molar-refractivity contribution < 1.29 is 5.11 Å². The molecule has 92 valence electrons. The Bertz CT molecular complexity index is 314. The highest BCUT2D eigenvalue weighted by molar-refractivity contribution is 5.80. The van der Waals surface area contributed by atoms with Gasteiger partial charge in [0.2, 0.25) is 0 Å². The number of rotatable bonds is 4. The van der Waals surface area contributed by atoms with Crippen LogP contribution < -0.4 is 5.43 Å². The van der Waals surface area contributed by atoms with Crippen LogP contribution in [0.5, 0.6) is 0 Å². The molecule has 0 radical (unpaired) electrons. The number of amidine groups is 1. The molecule has 2 N–H and O–H groups in total. The minimum Gasteiger partial charge on any atom is -0.389 e. The number of hydrogen-bond acceptors (Lipinski definition) is 3. The van der Waals surface area contributed by atoms with Crippen LogP contribution in [0.1, 0.15) is 27.7 Å². The van der Waals surface area contributed by atoms with Crippen molar-refractivity contribution >= 4 is 5.84 Å². The Morgan fingerprint density at radius 3 is 2.19 bits per heavy atom. The summed E-state index contributed by atoms with van der Waals surface area (Å²) >= 11 is 0. The predicted molar refractivity (Wildman–Crippen MR) is 69.1 cm³/mol. The van der Waals surface area contributed by atoms with Gasteiger partial charge in [0, 0.05) is 14.1 Å². The summed E-state index contributed by atoms with van der Waals surface area (Å²) in [5.41, 5.74) is 5.53. The van der Waals surface area contributed by atoms with Crippen LogP contribution in [0.15, 0.2) is 28.4 Å². The van der Waals surface area contributed by atoms with E-state index in [-0.39, 0.29) is 0 Å². The van der Waals surface area contributed by atoms with Crippen molar-refractivity contribution in [2.45, 2.75) is 33.8 Å². The molecule has 0 aromatic heterocycles. The summed E-state index contributed by atoms with van der Waals surface area (Å²) in [5, 5.41) is 11.3. The summed E-state index contributed by atoms with van der Waals surface area (Å²) < 4.78 is 0. The van der Waals surface area contributed by atoms with E-state index in [0.717, 1.165) is 17.0 Å². The molecular formula is C12H23N3O. The maximum Gasteiger partial charge on any atom is 0.113 e. The van der Waals surface area contributed by atoms with Gasteiger partial charge >= 0.3 is 0 Å². The fourth-order valence-corrected chi connectivity index (χ4v) is 1.18. The highest BCUT2D eigenvalue weighted by atomic mass is 16.3. The molecular weight excluding hydrogens is 202 g/mol. The van der Waals surface area contributed by atoms with Crippen LogP contribution in [0, 0.1) is 0 Å². The summed E-state index contributed by atoms with van der Waals surface area (Å²) in [6.45, 7) is 11.3. The quantitative estimate of drug-likeness (QED) is 0.331. The molecule has 0 saturated heterocycles. The molecule has 0 aliphatic heterocycles. The number of aliphatic hydroxyl groups is 1. The molecule has 1 atom stereocenters. The van der Waals surface area contributed by atoms with Crippen molar-refractivity contribution in [1.29, 1.82) is 0 Å². The third-order valence-corrected chi connectivity index (χ3v) is 2.34. The zero-order chi connectivity index (χ0) is 12.9. The largest absolute Gasteiger partial charge is 0.389 e. The molecule has 1 unspecified atom stereocenters. The maximum atomic E-state index is 9.45. The van der Waals surface area contributed by atoms with E-state index in [0.29, 0.717) is 5.70 Å². The summed E-state index contributed by atoms with van der Waals surface area (Å²) in [5.74, 6) is 0.771. The second-order valence-corrected chi connectivity index (χ2v) is 4.13. The van der Waals surface area contributed by atoms with E-state index in [1.807, 2.05) is 39.9 Å². The normalized spacial score (nSPS) is 15.9. The second-order valence-electron chi connectivity index (χ2n) is 4.13. The number of hydrazine groups is 1. The van der Waals surface area contributed by atoms with Crippen LogP contribution in [-0.4, -0.2) is 36.2 Å². The molecule has 0 bridgehead atoms. The SMILES string of the molecule is C=C(N=C(C)NN(C)C)/C(C)=C(/C)C(C)O. The first-order valence-corrected chi connectivity index (χ1v) is 5.29. The van der Waals surface area contributed by atoms with Crippen LogP contribution in [0.25, 0.3) is 0 Å². The molecule has 4 nitrogen and oxygen atoms in total. The molecule has 0 amide bonds. The summed E-state index contributed by atoms with van der Waals surface area (Å²) in [6.07, 6.45) is -0.464. The topological polar surface area (TPSA) is 47.9 Å². The van der Waals surface area contributed by atoms with Gasteiger partial charge in [0.1, 0.15) is 5.84 Å². The van der Waals surface area contributed by atoms with Crippen molar-refractivity contribution in [2.75, 3.05) is 14.1 Å². The van der Waals surface area contributed by atoms with E-state index >= 15 is 0 Å². The number of aliphatic imine (C=N–C) groups is 1. The van der Waals surface area contributed by atoms with Crippen LogP contribution in [0.4, 0.5) is 0 Å². The molecule has 0 aromatic carbocycles. The molecule has 4 heteroatoms. The van der Waals surface area contributed by atoms with E-state index in [1.165, 1.54) is 0 Å². The maximum absolute atomic E-state index is 9.45. The van der Waals surface area contributed by atoms with E-state index in [1.54, 1.807) is 6.92 Å². The first-order chi connectivity index (χ1) is 7.25. The lowest BCUT2D eigenvalue weighted by molar-refractivity contribution is 0.230. The van der Waals surface area contributed by atoms with Gasteiger partial charge in [-0.25, -0.2) is 10.0 Å². The summed E-state index contributed by atoms with van der Waals surface area (Å²) in [4.78, 5) is 4.32. The fraction of sp³-hybridized carbons (Fsp3) is 0.583. The molecule has 0 spiro atoms. The molecule has 0 aromatic rings. The van der Waals surface area contributed by atoms with Crippen molar-refractivity contribution in [3.8, 4) is 0 Å². The van der Waals surface area contributed by atoms with E-state index < -0.39 is 6.10 Å². The zero-order valence-electron chi connectivity index (χ0n) is 11.1. The average Bonchev–Trinajstić information content (AvgIpc) is 2.13. The van der Waals surface area contributed by atoms with E-state index in [4.69, 9.17) is 0 Å². The highest BCUT2D eigenvalue weighted by Gasteiger charge is 2.06. The smallest absolute Gasteiger partial charge is 0.113 e. The van der Waals surface area contributed by atoms with E-state index in [9.17, 15) is 5.11 Å². The third-order valence-electron chi connectivity index (χ3n) is 2.34. The highest BCUT2D eigenvalue weighted by Crippen LogP contribution is 2.16. The molecule has 0 fully saturated rings. The van der Waals surface area contributed by atoms with Crippen LogP contribution in [0.2, 0.25) is 0 Å². The first kappa shape index (κ1) is 14.9. The van der Waals surface area contributed by atoms with Gasteiger partial charge in [0.25, 0.3) is 0 Å². The average molecular weight is 225 g/mol. The molecule has 0 rings (SSSR count). The standard InChI is InChI=1S/C12H23N3O/c1-8(9(2)11(4)16)10(3)13-12(5)14-15(6)7/h11,16H,3H2,1-2,4-7H3,(H,13,14)/b9-8-. The number of hydrogen-bond donors (Lipinski definition) is 2. The lowest BCUT2D eigenvalue weighted by atomic mass is 10.1. The van der Waals surface area contributed by atoms with Crippen molar-refractivity contribution in [3.05, 3.63) is 23.4 Å². The Labute approximate surface area is 98.3 Å². The Balaban J connectivity index is 4.77. The van der Waals surface area contributed by atoms with Gasteiger partial charge in [0.05, 0.1) is 11.8 Å². The van der Waals surface area contributed by atoms with Crippen LogP contribution in [-0.2, 0) is 0 Å². The van der Waals surface area contributed by atoms with Gasteiger partial charge in [-0.2, -0.15) is 0 Å². The Morgan fingerprint density at radius 1 is 1.31 bits per heavy atom. The monoisotopic (exact) mass is 225 g/mol. The van der Waals surface area contributed by atoms with Gasteiger partial charge in [-0.1, -0.05) is 6.58 Å². The summed E-state index contributed by atoms with van der Waals surface area (Å²) in [7, 11) is 3.79. The van der Waals surface area contributed by atoms with Gasteiger partial charge in [-0.05, 0) is 38.8 Å². The van der Waals surface area contributed by atoms with Crippen molar-refractivity contribution in [1.82, 2.24) is 10.4 Å². The molecule has 0 aliphatic rings. The number of nitrogens with zero attached hydrogens (tertiary/aromatic N) is 2. The van der Waals surface area contributed by atoms with Crippen molar-refractivity contribution in [3.63, 3.8) is 0 Å². The molecule has 0 aliphatic carbocycles. The third kappa shape index (κ3) is 5.09. The fourth-order valence-electron chi connectivity index (χ4n) is 1.18. The number of nitrogens with one attached hydrogen (secondary N) is 1. The Hall–Kier alpha value is -1.13. The molecule has 0 saturated carbocycles. The minimum absolute atomic E-state index is 0.464. The lowest BCUT2D eigenvalue weighted by Gasteiger charge is -2.14. The van der Waals surface area contributed by atoms with Gasteiger partial charge in [0.15, 0.2) is 0 Å². The Kier molecular flexibility index (Phi) is 6.00. The number of aliphatic hydroxyl groups excluding tert-OH is 1.